The third-order valence-electron chi connectivity index (χ3n) is 8.18. The Balaban J connectivity index is 1.03. The summed E-state index contributed by atoms with van der Waals surface area (Å²) in [6.07, 6.45) is 9.16. The van der Waals surface area contributed by atoms with Crippen LogP contribution in [0.4, 0.5) is 0 Å². The number of hydrogen-bond acceptors (Lipinski definition) is 3. The highest BCUT2D eigenvalue weighted by molar-refractivity contribution is 5.93. The van der Waals surface area contributed by atoms with Gasteiger partial charge in [0, 0.05) is 47.3 Å². The molecule has 36 heavy (non-hydrogen) atoms. The zero-order chi connectivity index (χ0) is 24.3. The van der Waals surface area contributed by atoms with E-state index >= 15 is 0 Å². The van der Waals surface area contributed by atoms with Gasteiger partial charge in [0.1, 0.15) is 5.60 Å². The van der Waals surface area contributed by atoms with E-state index in [0.717, 1.165) is 23.9 Å². The summed E-state index contributed by atoms with van der Waals surface area (Å²) < 4.78 is 6.29. The number of fused-ring (bicyclic) bond motifs is 3. The fourth-order valence-corrected chi connectivity index (χ4v) is 6.44. The summed E-state index contributed by atoms with van der Waals surface area (Å²) >= 11 is 0. The van der Waals surface area contributed by atoms with E-state index < -0.39 is 17.4 Å². The molecular weight excluding hydrogens is 452 g/mol. The van der Waals surface area contributed by atoms with Gasteiger partial charge in [-0.1, -0.05) is 48.6 Å². The Labute approximate surface area is 208 Å². The van der Waals surface area contributed by atoms with Crippen LogP contribution >= 0.6 is 0 Å². The zero-order valence-corrected chi connectivity index (χ0v) is 19.9. The van der Waals surface area contributed by atoms with Crippen molar-refractivity contribution in [1.82, 2.24) is 20.2 Å². The molecule has 7 nitrogen and oxygen atoms in total. The van der Waals surface area contributed by atoms with Gasteiger partial charge in [-0.2, -0.15) is 0 Å². The lowest BCUT2D eigenvalue weighted by molar-refractivity contribution is -0.137. The van der Waals surface area contributed by atoms with Crippen molar-refractivity contribution in [1.29, 1.82) is 0 Å². The first-order valence-electron chi connectivity index (χ1n) is 12.7. The number of nitrogens with zero attached hydrogens (tertiary/aromatic N) is 1. The molecule has 1 spiro atoms. The molecule has 5 heterocycles. The van der Waals surface area contributed by atoms with Crippen molar-refractivity contribution in [3.63, 3.8) is 0 Å². The normalized spacial score (nSPS) is 26.4. The second-order valence-electron chi connectivity index (χ2n) is 10.2. The summed E-state index contributed by atoms with van der Waals surface area (Å²) in [6, 6.07) is 16.4. The van der Waals surface area contributed by atoms with Crippen molar-refractivity contribution in [2.45, 2.75) is 24.5 Å². The fourth-order valence-electron chi connectivity index (χ4n) is 6.44. The third-order valence-corrected chi connectivity index (χ3v) is 8.18. The average molecular weight is 481 g/mol. The van der Waals surface area contributed by atoms with Crippen LogP contribution in [0.2, 0.25) is 0 Å². The van der Waals surface area contributed by atoms with Crippen LogP contribution < -0.4 is 5.32 Å². The van der Waals surface area contributed by atoms with Crippen LogP contribution in [0.3, 0.4) is 0 Å². The van der Waals surface area contributed by atoms with E-state index in [0.29, 0.717) is 19.6 Å². The molecule has 0 saturated carbocycles. The highest BCUT2D eigenvalue weighted by Crippen LogP contribution is 2.51. The van der Waals surface area contributed by atoms with E-state index in [9.17, 15) is 9.59 Å². The molecular formula is C29H28N4O3. The number of carbonyl (C=O) groups excluding carboxylic acids is 2. The van der Waals surface area contributed by atoms with Gasteiger partial charge in [-0.15, -0.1) is 0 Å². The van der Waals surface area contributed by atoms with Gasteiger partial charge in [0.15, 0.2) is 0 Å². The molecule has 3 aliphatic rings. The molecule has 2 bridgehead atoms. The Morgan fingerprint density at radius 2 is 1.67 bits per heavy atom. The molecule has 3 unspecified atom stereocenters. The van der Waals surface area contributed by atoms with E-state index in [1.165, 1.54) is 21.9 Å². The van der Waals surface area contributed by atoms with Crippen molar-refractivity contribution < 1.29 is 14.3 Å². The zero-order valence-electron chi connectivity index (χ0n) is 19.9. The maximum absolute atomic E-state index is 13.5. The van der Waals surface area contributed by atoms with Gasteiger partial charge < -0.3 is 24.9 Å². The average Bonchev–Trinajstić information content (AvgIpc) is 3.70. The minimum Gasteiger partial charge on any atom is -0.361 e. The molecule has 4 atom stereocenters. The molecule has 2 amide bonds. The summed E-state index contributed by atoms with van der Waals surface area (Å²) in [7, 11) is 0. The lowest BCUT2D eigenvalue weighted by Gasteiger charge is -2.23. The smallest absolute Gasteiger partial charge is 0.230 e. The van der Waals surface area contributed by atoms with Crippen LogP contribution in [-0.4, -0.2) is 58.0 Å². The number of rotatable bonds is 7. The topological polar surface area (TPSA) is 90.2 Å². The number of likely N-dealkylation sites (tertiary alicyclic amines) is 1. The minimum absolute atomic E-state index is 0.0264. The number of nitrogens with one attached hydrogen (secondary N) is 3. The van der Waals surface area contributed by atoms with Crippen LogP contribution in [0.15, 0.2) is 73.1 Å². The number of carbonyl (C=O) groups is 2. The van der Waals surface area contributed by atoms with Gasteiger partial charge in [-0.3, -0.25) is 9.59 Å². The first kappa shape index (κ1) is 21.4. The maximum atomic E-state index is 13.5. The molecule has 0 radical (unpaired) electrons. The number of aromatic amines is 2. The first-order chi connectivity index (χ1) is 17.6. The summed E-state index contributed by atoms with van der Waals surface area (Å²) in [5.41, 5.74) is 3.88. The maximum Gasteiger partial charge on any atom is 0.230 e. The quantitative estimate of drug-likeness (QED) is 0.355. The number of benzene rings is 2. The van der Waals surface area contributed by atoms with Crippen LogP contribution in [0, 0.1) is 11.8 Å². The Bertz CT molecular complexity index is 1520. The number of hydrogen-bond donors (Lipinski definition) is 3. The molecule has 2 fully saturated rings. The molecule has 4 aromatic rings. The second-order valence-corrected chi connectivity index (χ2v) is 10.2. The number of ether oxygens (including phenoxy) is 1. The van der Waals surface area contributed by atoms with E-state index in [1.54, 1.807) is 0 Å². The molecule has 7 heteroatoms. The summed E-state index contributed by atoms with van der Waals surface area (Å²) in [5.74, 6) is -1.01. The molecule has 7 rings (SSSR count). The van der Waals surface area contributed by atoms with Gasteiger partial charge in [-0.05, 0) is 36.1 Å². The van der Waals surface area contributed by atoms with Gasteiger partial charge in [-0.25, -0.2) is 0 Å². The van der Waals surface area contributed by atoms with Crippen molar-refractivity contribution >= 4 is 33.6 Å². The van der Waals surface area contributed by atoms with Crippen molar-refractivity contribution in [3.05, 3.63) is 84.2 Å². The van der Waals surface area contributed by atoms with Crippen molar-refractivity contribution in [2.24, 2.45) is 11.8 Å². The number of aromatic nitrogens is 2. The van der Waals surface area contributed by atoms with E-state index in [4.69, 9.17) is 4.74 Å². The van der Waals surface area contributed by atoms with Gasteiger partial charge >= 0.3 is 0 Å². The van der Waals surface area contributed by atoms with Gasteiger partial charge in [0.25, 0.3) is 0 Å². The lowest BCUT2D eigenvalue weighted by atomic mass is 9.77. The second kappa shape index (κ2) is 8.10. The highest BCUT2D eigenvalue weighted by atomic mass is 16.5. The molecule has 2 aromatic heterocycles. The van der Waals surface area contributed by atoms with E-state index in [1.807, 2.05) is 59.8 Å². The summed E-state index contributed by atoms with van der Waals surface area (Å²) in [5, 5.41) is 5.45. The van der Waals surface area contributed by atoms with Crippen molar-refractivity contribution in [2.75, 3.05) is 19.6 Å². The predicted molar refractivity (Wildman–Crippen MR) is 137 cm³/mol. The highest BCUT2D eigenvalue weighted by Gasteiger charge is 2.66. The summed E-state index contributed by atoms with van der Waals surface area (Å²) in [4.78, 5) is 35.3. The van der Waals surface area contributed by atoms with Gasteiger partial charge in [0.2, 0.25) is 11.8 Å². The predicted octanol–water partition coefficient (Wildman–Crippen LogP) is 3.33. The van der Waals surface area contributed by atoms with E-state index in [2.05, 4.69) is 33.5 Å². The molecule has 0 aliphatic carbocycles. The SMILES string of the molecule is O=C(NCCc1c[nH]c2ccccc12)C1C2C(=O)N(CCc3c[nH]c4ccccc34)CC23C=C[C@@H]1O3. The Kier molecular flexibility index (Phi) is 4.82. The third kappa shape index (κ3) is 3.23. The Hall–Kier alpha value is -3.84. The standard InChI is InChI=1S/C29H28N4O3/c34-27(30-13-10-18-15-31-22-7-3-1-5-20(18)22)25-24-9-12-29(36-24)17-33(28(35)26(25)29)14-11-19-16-32-23-8-4-2-6-21(19)23/h1-9,12,15-16,24-26,31-32H,10-11,13-14,17H2,(H,30,34)/t24-,25?,26?,29?/m0/s1. The lowest BCUT2D eigenvalue weighted by Crippen LogP contribution is -2.44. The number of H-pyrrole nitrogens is 2. The van der Waals surface area contributed by atoms with Crippen LogP contribution in [0.1, 0.15) is 11.1 Å². The fraction of sp³-hybridized carbons (Fsp3) is 0.310. The summed E-state index contributed by atoms with van der Waals surface area (Å²) in [6.45, 7) is 1.63. The van der Waals surface area contributed by atoms with Crippen LogP contribution in [-0.2, 0) is 27.2 Å². The Morgan fingerprint density at radius 1 is 1.00 bits per heavy atom. The molecule has 2 aromatic carbocycles. The Morgan fingerprint density at radius 3 is 2.39 bits per heavy atom. The molecule has 2 saturated heterocycles. The largest absolute Gasteiger partial charge is 0.361 e. The first-order valence-corrected chi connectivity index (χ1v) is 12.7. The number of para-hydroxylation sites is 2. The molecule has 3 aliphatic heterocycles. The van der Waals surface area contributed by atoms with Crippen LogP contribution in [0.25, 0.3) is 21.8 Å². The van der Waals surface area contributed by atoms with Crippen molar-refractivity contribution in [3.8, 4) is 0 Å². The number of amides is 2. The molecule has 3 N–H and O–H groups in total. The monoisotopic (exact) mass is 480 g/mol. The minimum atomic E-state index is -0.680. The van der Waals surface area contributed by atoms with Crippen LogP contribution in [0.5, 0.6) is 0 Å². The van der Waals surface area contributed by atoms with E-state index in [-0.39, 0.29) is 17.9 Å². The van der Waals surface area contributed by atoms with Gasteiger partial charge in [0.05, 0.1) is 24.5 Å². The molecule has 182 valence electrons.